The molecule has 0 radical (unpaired) electrons. The van der Waals surface area contributed by atoms with E-state index in [1.165, 1.54) is 4.90 Å². The molecule has 0 aromatic carbocycles. The molecule has 4 fully saturated rings. The maximum absolute atomic E-state index is 12.1. The lowest BCUT2D eigenvalue weighted by atomic mass is 9.91. The third-order valence-electron chi connectivity index (χ3n) is 5.06. The van der Waals surface area contributed by atoms with Crippen molar-refractivity contribution in [2.24, 2.45) is 17.8 Å². The normalized spacial score (nSPS) is 34.9. The fraction of sp³-hybridized carbons (Fsp3) is 0.786. The van der Waals surface area contributed by atoms with E-state index in [9.17, 15) is 19.5 Å². The van der Waals surface area contributed by atoms with E-state index in [2.05, 4.69) is 5.32 Å². The quantitative estimate of drug-likeness (QED) is 0.667. The minimum Gasteiger partial charge on any atom is -0.480 e. The van der Waals surface area contributed by atoms with Crippen LogP contribution in [0.1, 0.15) is 32.1 Å². The summed E-state index contributed by atoms with van der Waals surface area (Å²) in [7, 11) is 0. The molecule has 6 heteroatoms. The Morgan fingerprint density at radius 2 is 1.80 bits per heavy atom. The standard InChI is InChI=1S/C14H18N2O4/c17-11-9-5-10(9)12(18)16(11)6-14(13(19)20,7-1-2-7)15-8-3-4-8/h7-10,15H,1-6H2,(H,19,20). The predicted molar refractivity (Wildman–Crippen MR) is 67.6 cm³/mol. The number of amides is 2. The van der Waals surface area contributed by atoms with Crippen molar-refractivity contribution in [2.75, 3.05) is 6.54 Å². The van der Waals surface area contributed by atoms with Crippen molar-refractivity contribution < 1.29 is 19.5 Å². The molecule has 0 aromatic rings. The van der Waals surface area contributed by atoms with Gasteiger partial charge in [-0.25, -0.2) is 0 Å². The van der Waals surface area contributed by atoms with Crippen LogP contribution in [0.3, 0.4) is 0 Å². The van der Waals surface area contributed by atoms with Crippen LogP contribution < -0.4 is 5.32 Å². The number of carbonyl (C=O) groups excluding carboxylic acids is 2. The number of carboxylic acid groups (broad SMARTS) is 1. The van der Waals surface area contributed by atoms with Crippen molar-refractivity contribution in [2.45, 2.75) is 43.7 Å². The second-order valence-corrected chi connectivity index (χ2v) is 6.68. The molecule has 3 unspecified atom stereocenters. The Morgan fingerprint density at radius 3 is 2.25 bits per heavy atom. The lowest BCUT2D eigenvalue weighted by Gasteiger charge is -2.34. The Labute approximate surface area is 116 Å². The van der Waals surface area contributed by atoms with Crippen LogP contribution in [0.15, 0.2) is 0 Å². The number of piperidine rings is 1. The molecule has 20 heavy (non-hydrogen) atoms. The van der Waals surface area contributed by atoms with Crippen LogP contribution in [0.2, 0.25) is 0 Å². The number of fused-ring (bicyclic) bond motifs is 1. The number of hydrogen-bond donors (Lipinski definition) is 2. The summed E-state index contributed by atoms with van der Waals surface area (Å²) in [5.74, 6) is -1.53. The van der Waals surface area contributed by atoms with Gasteiger partial charge in [0.1, 0.15) is 5.54 Å². The molecule has 0 spiro atoms. The molecule has 6 nitrogen and oxygen atoms in total. The van der Waals surface area contributed by atoms with E-state index in [-0.39, 0.29) is 42.2 Å². The van der Waals surface area contributed by atoms with Crippen LogP contribution in [0.25, 0.3) is 0 Å². The summed E-state index contributed by atoms with van der Waals surface area (Å²) in [5.41, 5.74) is -1.12. The first-order valence-electron chi connectivity index (χ1n) is 7.39. The number of hydrogen-bond acceptors (Lipinski definition) is 4. The van der Waals surface area contributed by atoms with Crippen LogP contribution in [0.4, 0.5) is 0 Å². The minimum absolute atomic E-state index is 0.00810. The number of aliphatic carboxylic acids is 1. The van der Waals surface area contributed by atoms with Gasteiger partial charge in [0.15, 0.2) is 0 Å². The molecule has 3 atom stereocenters. The second-order valence-electron chi connectivity index (χ2n) is 6.68. The van der Waals surface area contributed by atoms with Gasteiger partial charge in [0.2, 0.25) is 11.8 Å². The van der Waals surface area contributed by atoms with Crippen LogP contribution in [-0.4, -0.2) is 45.9 Å². The number of likely N-dealkylation sites (tertiary alicyclic amines) is 1. The average Bonchev–Trinajstić information content (AvgIpc) is 3.25. The highest BCUT2D eigenvalue weighted by atomic mass is 16.4. The molecule has 1 heterocycles. The van der Waals surface area contributed by atoms with Crippen molar-refractivity contribution >= 4 is 17.8 Å². The van der Waals surface area contributed by atoms with E-state index in [0.717, 1.165) is 25.7 Å². The predicted octanol–water partition coefficient (Wildman–Crippen LogP) is -0.0233. The summed E-state index contributed by atoms with van der Waals surface area (Å²) in [6, 6.07) is 0.231. The van der Waals surface area contributed by atoms with Gasteiger partial charge in [-0.1, -0.05) is 0 Å². The summed E-state index contributed by atoms with van der Waals surface area (Å²) >= 11 is 0. The Kier molecular flexibility index (Phi) is 2.35. The largest absolute Gasteiger partial charge is 0.480 e. The first-order valence-corrected chi connectivity index (χ1v) is 7.39. The fourth-order valence-corrected chi connectivity index (χ4v) is 3.42. The van der Waals surface area contributed by atoms with Gasteiger partial charge in [0.25, 0.3) is 0 Å². The number of carbonyl (C=O) groups is 3. The monoisotopic (exact) mass is 278 g/mol. The molecule has 3 aliphatic carbocycles. The minimum atomic E-state index is -1.12. The topological polar surface area (TPSA) is 86.7 Å². The summed E-state index contributed by atoms with van der Waals surface area (Å²) in [6.07, 6.45) is 4.34. The van der Waals surface area contributed by atoms with Gasteiger partial charge in [-0.3, -0.25) is 24.6 Å². The molecule has 2 amide bonds. The Morgan fingerprint density at radius 1 is 1.20 bits per heavy atom. The van der Waals surface area contributed by atoms with Crippen LogP contribution in [0.5, 0.6) is 0 Å². The molecule has 0 bridgehead atoms. The van der Waals surface area contributed by atoms with Gasteiger partial charge in [0, 0.05) is 6.04 Å². The van der Waals surface area contributed by atoms with Crippen LogP contribution >= 0.6 is 0 Å². The summed E-state index contributed by atoms with van der Waals surface area (Å²) < 4.78 is 0. The lowest BCUT2D eigenvalue weighted by Crippen LogP contribution is -2.62. The highest BCUT2D eigenvalue weighted by molar-refractivity contribution is 6.09. The van der Waals surface area contributed by atoms with E-state index in [1.807, 2.05) is 0 Å². The number of imide groups is 1. The third kappa shape index (κ3) is 1.70. The van der Waals surface area contributed by atoms with Gasteiger partial charge in [-0.2, -0.15) is 0 Å². The fourth-order valence-electron chi connectivity index (χ4n) is 3.42. The Bertz CT molecular complexity index is 491. The van der Waals surface area contributed by atoms with Crippen LogP contribution in [0, 0.1) is 17.8 Å². The van der Waals surface area contributed by atoms with E-state index >= 15 is 0 Å². The van der Waals surface area contributed by atoms with Gasteiger partial charge in [-0.05, 0) is 38.0 Å². The molecule has 0 aromatic heterocycles. The van der Waals surface area contributed by atoms with Crippen molar-refractivity contribution in [3.05, 3.63) is 0 Å². The second kappa shape index (κ2) is 3.81. The number of nitrogens with zero attached hydrogens (tertiary/aromatic N) is 1. The zero-order valence-electron chi connectivity index (χ0n) is 11.2. The summed E-state index contributed by atoms with van der Waals surface area (Å²) in [4.78, 5) is 37.2. The number of carboxylic acids is 1. The molecule has 4 rings (SSSR count). The molecular weight excluding hydrogens is 260 g/mol. The highest BCUT2D eigenvalue weighted by Crippen LogP contribution is 2.49. The number of rotatable bonds is 6. The zero-order valence-corrected chi connectivity index (χ0v) is 11.2. The van der Waals surface area contributed by atoms with Crippen molar-refractivity contribution in [1.29, 1.82) is 0 Å². The average molecular weight is 278 g/mol. The van der Waals surface area contributed by atoms with Crippen LogP contribution in [-0.2, 0) is 14.4 Å². The maximum atomic E-state index is 12.1. The molecule has 108 valence electrons. The molecule has 4 aliphatic rings. The first-order chi connectivity index (χ1) is 9.53. The van der Waals surface area contributed by atoms with Crippen molar-refractivity contribution in [1.82, 2.24) is 10.2 Å². The Hall–Kier alpha value is -1.43. The van der Waals surface area contributed by atoms with Gasteiger partial charge in [-0.15, -0.1) is 0 Å². The Balaban J connectivity index is 1.59. The molecule has 2 N–H and O–H groups in total. The SMILES string of the molecule is O=C1C2CC2C(=O)N1CC(NC1CC1)(C(=O)O)C1CC1. The van der Waals surface area contributed by atoms with Gasteiger partial charge in [0.05, 0.1) is 18.4 Å². The molecule has 1 aliphatic heterocycles. The maximum Gasteiger partial charge on any atom is 0.326 e. The lowest BCUT2D eigenvalue weighted by molar-refractivity contribution is -0.151. The molecular formula is C14H18N2O4. The van der Waals surface area contributed by atoms with Gasteiger partial charge >= 0.3 is 5.97 Å². The summed E-state index contributed by atoms with van der Waals surface area (Å²) in [6.45, 7) is 0.00810. The van der Waals surface area contributed by atoms with Gasteiger partial charge < -0.3 is 5.11 Å². The molecule has 3 saturated carbocycles. The van der Waals surface area contributed by atoms with E-state index in [1.54, 1.807) is 0 Å². The third-order valence-corrected chi connectivity index (χ3v) is 5.06. The smallest absolute Gasteiger partial charge is 0.326 e. The van der Waals surface area contributed by atoms with E-state index in [0.29, 0.717) is 6.42 Å². The van der Waals surface area contributed by atoms with Crippen molar-refractivity contribution in [3.8, 4) is 0 Å². The number of nitrogens with one attached hydrogen (secondary N) is 1. The van der Waals surface area contributed by atoms with Crippen molar-refractivity contribution in [3.63, 3.8) is 0 Å². The van der Waals surface area contributed by atoms with E-state index < -0.39 is 11.5 Å². The van der Waals surface area contributed by atoms with E-state index in [4.69, 9.17) is 0 Å². The first kappa shape index (κ1) is 12.3. The summed E-state index contributed by atoms with van der Waals surface area (Å²) in [5, 5.41) is 12.9. The highest BCUT2D eigenvalue weighted by Gasteiger charge is 2.62. The zero-order chi connectivity index (χ0) is 14.1. The molecule has 1 saturated heterocycles.